The SMILES string of the molecule is O=S(=O)(O)NN(c1cc(O)c(Cl)cc1Cl)S(=O)(=O)O. The largest absolute Gasteiger partial charge is 0.506 e. The molecule has 0 heterocycles. The lowest BCUT2D eigenvalue weighted by molar-refractivity contribution is 0.451. The fraction of sp³-hybridized carbons (Fsp3) is 0. The number of hydrogen-bond donors (Lipinski definition) is 4. The van der Waals surface area contributed by atoms with Crippen molar-refractivity contribution in [2.45, 2.75) is 0 Å². The van der Waals surface area contributed by atoms with E-state index in [0.717, 1.165) is 10.9 Å². The molecule has 0 spiro atoms. The number of nitrogens with zero attached hydrogens (tertiary/aromatic N) is 1. The Kier molecular flexibility index (Phi) is 4.51. The molecule has 1 rings (SSSR count). The van der Waals surface area contributed by atoms with Crippen LogP contribution >= 0.6 is 23.2 Å². The third-order valence-electron chi connectivity index (χ3n) is 1.66. The lowest BCUT2D eigenvalue weighted by Crippen LogP contribution is -2.45. The number of phenolic OH excluding ortho intramolecular Hbond substituents is 1. The maximum Gasteiger partial charge on any atom is 0.374 e. The van der Waals surface area contributed by atoms with Gasteiger partial charge >= 0.3 is 20.6 Å². The van der Waals surface area contributed by atoms with E-state index in [0.29, 0.717) is 6.07 Å². The zero-order valence-corrected chi connectivity index (χ0v) is 11.8. The molecular weight excluding hydrogens is 347 g/mol. The van der Waals surface area contributed by atoms with Gasteiger partial charge in [0.05, 0.1) is 15.7 Å². The molecule has 13 heteroatoms. The van der Waals surface area contributed by atoms with Crippen LogP contribution in [-0.4, -0.2) is 31.0 Å². The maximum absolute atomic E-state index is 11.0. The Balaban J connectivity index is 3.47. The van der Waals surface area contributed by atoms with E-state index < -0.39 is 37.1 Å². The second kappa shape index (κ2) is 5.28. The quantitative estimate of drug-likeness (QED) is 0.459. The van der Waals surface area contributed by atoms with Crippen LogP contribution in [0.1, 0.15) is 0 Å². The average Bonchev–Trinajstić information content (AvgIpc) is 2.17. The van der Waals surface area contributed by atoms with Crippen molar-refractivity contribution in [2.75, 3.05) is 4.41 Å². The van der Waals surface area contributed by atoms with E-state index in [2.05, 4.69) is 0 Å². The van der Waals surface area contributed by atoms with E-state index in [9.17, 15) is 21.9 Å². The van der Waals surface area contributed by atoms with Crippen LogP contribution in [0.5, 0.6) is 5.75 Å². The summed E-state index contributed by atoms with van der Waals surface area (Å²) in [6.45, 7) is 0. The summed E-state index contributed by atoms with van der Waals surface area (Å²) < 4.78 is 60.3. The molecule has 0 fully saturated rings. The molecule has 0 aliphatic rings. The molecule has 1 aromatic rings. The second-order valence-corrected chi connectivity index (χ2v) is 6.27. The number of rotatable bonds is 4. The van der Waals surface area contributed by atoms with Gasteiger partial charge in [-0.3, -0.25) is 9.11 Å². The van der Waals surface area contributed by atoms with E-state index in [1.165, 1.54) is 0 Å². The van der Waals surface area contributed by atoms with Gasteiger partial charge in [0.15, 0.2) is 0 Å². The number of benzene rings is 1. The van der Waals surface area contributed by atoms with Gasteiger partial charge in [-0.1, -0.05) is 28.0 Å². The van der Waals surface area contributed by atoms with Crippen LogP contribution in [-0.2, 0) is 20.6 Å². The zero-order valence-electron chi connectivity index (χ0n) is 8.65. The molecule has 0 aromatic heterocycles. The van der Waals surface area contributed by atoms with Crippen molar-refractivity contribution >= 4 is 49.5 Å². The first-order valence-electron chi connectivity index (χ1n) is 4.12. The van der Waals surface area contributed by atoms with Gasteiger partial charge in [0.1, 0.15) is 5.75 Å². The minimum atomic E-state index is -5.16. The number of hydrazine groups is 1. The lowest BCUT2D eigenvalue weighted by atomic mass is 10.3. The summed E-state index contributed by atoms with van der Waals surface area (Å²) in [5.41, 5.74) is -0.677. The summed E-state index contributed by atoms with van der Waals surface area (Å²) in [5.74, 6) is -0.633. The third kappa shape index (κ3) is 4.35. The van der Waals surface area contributed by atoms with E-state index in [-0.39, 0.29) is 9.44 Å². The molecule has 0 saturated heterocycles. The standard InChI is InChI=1S/C6H6Cl2N2O7S2/c7-3-1-4(8)6(11)2-5(3)10(19(15,16)17)9-18(12,13)14/h1-2,9,11H,(H,12,13,14)(H,15,16,17). The van der Waals surface area contributed by atoms with Gasteiger partial charge in [-0.25, -0.2) is 0 Å². The van der Waals surface area contributed by atoms with Crippen LogP contribution in [0.25, 0.3) is 0 Å². The number of aromatic hydroxyl groups is 1. The van der Waals surface area contributed by atoms with Crippen molar-refractivity contribution in [1.29, 1.82) is 0 Å². The molecule has 4 N–H and O–H groups in total. The van der Waals surface area contributed by atoms with E-state index in [1.54, 1.807) is 0 Å². The predicted molar refractivity (Wildman–Crippen MR) is 66.8 cm³/mol. The predicted octanol–water partition coefficient (Wildman–Crippen LogP) is 0.616. The van der Waals surface area contributed by atoms with Crippen molar-refractivity contribution in [1.82, 2.24) is 4.83 Å². The summed E-state index contributed by atoms with van der Waals surface area (Å²) in [7, 11) is -10.2. The van der Waals surface area contributed by atoms with Gasteiger partial charge in [0, 0.05) is 6.07 Å². The van der Waals surface area contributed by atoms with Gasteiger partial charge in [-0.15, -0.1) is 0 Å². The molecule has 19 heavy (non-hydrogen) atoms. The first kappa shape index (κ1) is 16.2. The molecule has 0 radical (unpaired) electrons. The molecule has 1 aromatic carbocycles. The first-order valence-corrected chi connectivity index (χ1v) is 7.71. The fourth-order valence-corrected chi connectivity index (χ4v) is 2.89. The van der Waals surface area contributed by atoms with Crippen LogP contribution in [0.2, 0.25) is 10.0 Å². The van der Waals surface area contributed by atoms with Crippen LogP contribution in [0.4, 0.5) is 5.69 Å². The van der Waals surface area contributed by atoms with Crippen LogP contribution < -0.4 is 9.25 Å². The van der Waals surface area contributed by atoms with E-state index in [4.69, 9.17) is 32.3 Å². The Hall–Kier alpha value is -0.820. The fourth-order valence-electron chi connectivity index (χ4n) is 1.01. The molecule has 0 amide bonds. The van der Waals surface area contributed by atoms with E-state index in [1.807, 2.05) is 0 Å². The second-order valence-electron chi connectivity index (χ2n) is 3.06. The molecule has 108 valence electrons. The minimum absolute atomic E-state index is 0.240. The third-order valence-corrected chi connectivity index (χ3v) is 3.55. The highest BCUT2D eigenvalue weighted by Gasteiger charge is 2.27. The van der Waals surface area contributed by atoms with Gasteiger partial charge in [0.2, 0.25) is 0 Å². The van der Waals surface area contributed by atoms with Crippen LogP contribution in [0.15, 0.2) is 12.1 Å². The number of phenols is 1. The Bertz CT molecular complexity index is 703. The smallest absolute Gasteiger partial charge is 0.374 e. The van der Waals surface area contributed by atoms with Gasteiger partial charge in [0.25, 0.3) is 0 Å². The molecule has 0 saturated carbocycles. The zero-order chi connectivity index (χ0) is 15.0. The van der Waals surface area contributed by atoms with Crippen molar-refractivity contribution < 1.29 is 31.0 Å². The Morgan fingerprint density at radius 3 is 2.00 bits per heavy atom. The maximum atomic E-state index is 11.0. The van der Waals surface area contributed by atoms with Crippen molar-refractivity contribution in [2.24, 2.45) is 0 Å². The molecule has 0 aliphatic heterocycles. The summed E-state index contributed by atoms with van der Waals surface area (Å²) in [5, 5.41) is 8.64. The Morgan fingerprint density at radius 2 is 1.58 bits per heavy atom. The van der Waals surface area contributed by atoms with Crippen molar-refractivity contribution in [3.8, 4) is 5.75 Å². The molecule has 9 nitrogen and oxygen atoms in total. The molecule has 0 bridgehead atoms. The van der Waals surface area contributed by atoms with Gasteiger partial charge in [-0.2, -0.15) is 21.2 Å². The average molecular weight is 353 g/mol. The normalized spacial score (nSPS) is 12.4. The summed E-state index contributed by atoms with van der Waals surface area (Å²) in [6.07, 6.45) is 0. The highest BCUT2D eigenvalue weighted by molar-refractivity contribution is 7.89. The number of hydrogen-bond acceptors (Lipinski definition) is 5. The molecule has 0 unspecified atom stereocenters. The Labute approximate surface area is 118 Å². The van der Waals surface area contributed by atoms with Crippen molar-refractivity contribution in [3.05, 3.63) is 22.2 Å². The number of halogens is 2. The first-order chi connectivity index (χ1) is 8.42. The van der Waals surface area contributed by atoms with Gasteiger partial charge < -0.3 is 5.11 Å². The van der Waals surface area contributed by atoms with Crippen LogP contribution in [0.3, 0.4) is 0 Å². The molecule has 0 aliphatic carbocycles. The minimum Gasteiger partial charge on any atom is -0.506 e. The number of nitrogens with one attached hydrogen (secondary N) is 1. The monoisotopic (exact) mass is 352 g/mol. The van der Waals surface area contributed by atoms with E-state index >= 15 is 0 Å². The summed E-state index contributed by atoms with van der Waals surface area (Å²) >= 11 is 11.1. The molecular formula is C6H6Cl2N2O7S2. The van der Waals surface area contributed by atoms with Gasteiger partial charge in [-0.05, 0) is 6.07 Å². The summed E-state index contributed by atoms with van der Waals surface area (Å²) in [6, 6.07) is 1.56. The van der Waals surface area contributed by atoms with Crippen LogP contribution in [0, 0.1) is 0 Å². The number of anilines is 1. The highest BCUT2D eigenvalue weighted by atomic mass is 35.5. The van der Waals surface area contributed by atoms with Crippen molar-refractivity contribution in [3.63, 3.8) is 0 Å². The summed E-state index contributed by atoms with van der Waals surface area (Å²) in [4.78, 5) is 1.08. The topological polar surface area (TPSA) is 144 Å². The Morgan fingerprint density at radius 1 is 1.05 bits per heavy atom. The lowest BCUT2D eigenvalue weighted by Gasteiger charge is -2.20. The highest BCUT2D eigenvalue weighted by Crippen LogP contribution is 2.35. The molecule has 0 atom stereocenters.